The van der Waals surface area contributed by atoms with E-state index < -0.39 is 35.9 Å². The van der Waals surface area contributed by atoms with Gasteiger partial charge in [0.2, 0.25) is 5.91 Å². The van der Waals surface area contributed by atoms with Gasteiger partial charge in [0.25, 0.3) is 5.91 Å². The second kappa shape index (κ2) is 15.5. The lowest BCUT2D eigenvalue weighted by molar-refractivity contribution is -0.148. The molecular weight excluding hydrogens is 530 g/mol. The molecule has 0 aliphatic carbocycles. The average Bonchev–Trinajstić information content (AvgIpc) is 3.36. The highest BCUT2D eigenvalue weighted by Crippen LogP contribution is 2.30. The van der Waals surface area contributed by atoms with Gasteiger partial charge in [-0.3, -0.25) is 19.2 Å². The van der Waals surface area contributed by atoms with Gasteiger partial charge >= 0.3 is 11.9 Å². The van der Waals surface area contributed by atoms with Crippen molar-refractivity contribution in [3.63, 3.8) is 0 Å². The molecule has 0 radical (unpaired) electrons. The maximum absolute atomic E-state index is 13.2. The molecule has 1 heterocycles. The topological polar surface area (TPSA) is 126 Å². The van der Waals surface area contributed by atoms with Crippen molar-refractivity contribution in [2.24, 2.45) is 17.8 Å². The Morgan fingerprint density at radius 3 is 2.25 bits per heavy atom. The van der Waals surface area contributed by atoms with Crippen LogP contribution in [0.15, 0.2) is 35.7 Å². The summed E-state index contributed by atoms with van der Waals surface area (Å²) in [6, 6.07) is 8.94. The molecule has 0 aliphatic rings. The Morgan fingerprint density at radius 2 is 1.70 bits per heavy atom. The van der Waals surface area contributed by atoms with Gasteiger partial charge in [0.15, 0.2) is 6.10 Å². The zero-order valence-corrected chi connectivity index (χ0v) is 25.4. The first-order valence-electron chi connectivity index (χ1n) is 13.7. The first kappa shape index (κ1) is 32.9. The van der Waals surface area contributed by atoms with E-state index in [0.29, 0.717) is 24.3 Å². The van der Waals surface area contributed by atoms with Crippen molar-refractivity contribution in [2.75, 3.05) is 7.05 Å². The Balaban J connectivity index is 2.24. The molecule has 0 fully saturated rings. The monoisotopic (exact) mass is 573 g/mol. The summed E-state index contributed by atoms with van der Waals surface area (Å²) in [6.07, 6.45) is 0.779. The van der Waals surface area contributed by atoms with Crippen molar-refractivity contribution >= 4 is 35.1 Å². The number of rotatable bonds is 15. The van der Waals surface area contributed by atoms with Gasteiger partial charge < -0.3 is 20.1 Å². The zero-order valence-electron chi connectivity index (χ0n) is 24.5. The predicted molar refractivity (Wildman–Crippen MR) is 155 cm³/mol. The van der Waals surface area contributed by atoms with Crippen LogP contribution in [0.25, 0.3) is 0 Å². The first-order chi connectivity index (χ1) is 18.8. The lowest BCUT2D eigenvalue weighted by atomic mass is 9.95. The second-order valence-corrected chi connectivity index (χ2v) is 12.0. The molecule has 1 unspecified atom stereocenters. The van der Waals surface area contributed by atoms with Crippen LogP contribution in [-0.4, -0.2) is 57.9 Å². The van der Waals surface area contributed by atoms with Crippen LogP contribution in [0.3, 0.4) is 0 Å². The molecule has 1 aromatic heterocycles. The van der Waals surface area contributed by atoms with Crippen LogP contribution in [0.5, 0.6) is 0 Å². The van der Waals surface area contributed by atoms with Crippen molar-refractivity contribution in [1.29, 1.82) is 0 Å². The summed E-state index contributed by atoms with van der Waals surface area (Å²) in [7, 11) is 1.77. The summed E-state index contributed by atoms with van der Waals surface area (Å²) in [5.74, 6) is -2.13. The number of aromatic nitrogens is 1. The third-order valence-corrected chi connectivity index (χ3v) is 7.69. The molecule has 4 atom stereocenters. The number of hydrogen-bond donors (Lipinski definition) is 2. The van der Waals surface area contributed by atoms with Gasteiger partial charge in [-0.05, 0) is 30.2 Å². The minimum Gasteiger partial charge on any atom is -0.481 e. The highest BCUT2D eigenvalue weighted by Gasteiger charge is 2.31. The smallest absolute Gasteiger partial charge is 0.306 e. The Labute approximate surface area is 241 Å². The molecule has 0 saturated carbocycles. The summed E-state index contributed by atoms with van der Waals surface area (Å²) in [5, 5.41) is 14.5. The van der Waals surface area contributed by atoms with Crippen molar-refractivity contribution in [3.8, 4) is 0 Å². The minimum absolute atomic E-state index is 0.0227. The Hall–Kier alpha value is -3.27. The number of aliphatic carboxylic acids is 1. The molecule has 0 saturated heterocycles. The van der Waals surface area contributed by atoms with E-state index in [9.17, 15) is 24.3 Å². The molecule has 1 aromatic carbocycles. The fraction of sp³-hybridized carbons (Fsp3) is 0.567. The van der Waals surface area contributed by atoms with Crippen LogP contribution in [0.4, 0.5) is 0 Å². The van der Waals surface area contributed by atoms with Gasteiger partial charge in [0.05, 0.1) is 5.92 Å². The Bertz CT molecular complexity index is 1130. The van der Waals surface area contributed by atoms with Gasteiger partial charge in [-0.25, -0.2) is 4.98 Å². The number of carbonyl (C=O) groups excluding carboxylic acids is 3. The standard InChI is InChI=1S/C30H43N3O6S/c1-18(2)13-27(35)33(7)25(19(3)4)16-26(39-21(6)34)29-32-24(17-40-29)28(36)31-23(14-20(5)30(37)38)15-22-11-9-8-10-12-22/h8-12,17-20,23,25-26H,13-16H2,1-7H3,(H,31,36)(H,37,38)/t20-,23+,25?,26+/m0/s1. The van der Waals surface area contributed by atoms with E-state index in [1.807, 2.05) is 58.0 Å². The highest BCUT2D eigenvalue weighted by atomic mass is 32.1. The van der Waals surface area contributed by atoms with Gasteiger partial charge in [-0.1, -0.05) is 65.0 Å². The number of carboxylic acid groups (broad SMARTS) is 1. The van der Waals surface area contributed by atoms with Crippen LogP contribution >= 0.6 is 11.3 Å². The predicted octanol–water partition coefficient (Wildman–Crippen LogP) is 5.12. The van der Waals surface area contributed by atoms with E-state index in [2.05, 4.69) is 10.3 Å². The van der Waals surface area contributed by atoms with Crippen LogP contribution in [0.2, 0.25) is 0 Å². The van der Waals surface area contributed by atoms with Crippen molar-refractivity contribution < 1.29 is 29.0 Å². The molecule has 0 aliphatic heterocycles. The molecular formula is C30H43N3O6S. The van der Waals surface area contributed by atoms with Crippen LogP contribution in [0, 0.1) is 17.8 Å². The van der Waals surface area contributed by atoms with Crippen LogP contribution in [-0.2, 0) is 25.5 Å². The first-order valence-corrected chi connectivity index (χ1v) is 14.6. The number of hydrogen-bond acceptors (Lipinski definition) is 7. The number of ether oxygens (including phenoxy) is 1. The van der Waals surface area contributed by atoms with Gasteiger partial charge in [-0.15, -0.1) is 11.3 Å². The summed E-state index contributed by atoms with van der Waals surface area (Å²) in [4.78, 5) is 55.7. The minimum atomic E-state index is -0.927. The Morgan fingerprint density at radius 1 is 1.05 bits per heavy atom. The molecule has 9 nitrogen and oxygen atoms in total. The second-order valence-electron chi connectivity index (χ2n) is 11.2. The summed E-state index contributed by atoms with van der Waals surface area (Å²) in [6.45, 7) is 11.0. The number of nitrogens with zero attached hydrogens (tertiary/aromatic N) is 2. The Kier molecular flexibility index (Phi) is 12.8. The molecule has 2 amide bonds. The van der Waals surface area contributed by atoms with Crippen molar-refractivity contribution in [2.45, 2.75) is 85.4 Å². The number of nitrogens with one attached hydrogen (secondary N) is 1. The molecule has 2 N–H and O–H groups in total. The van der Waals surface area contributed by atoms with E-state index in [1.54, 1.807) is 24.3 Å². The quantitative estimate of drug-likeness (QED) is 0.283. The maximum Gasteiger partial charge on any atom is 0.306 e. The molecule has 220 valence electrons. The van der Waals surface area contributed by atoms with Crippen LogP contribution < -0.4 is 5.32 Å². The van der Waals surface area contributed by atoms with Crippen molar-refractivity contribution in [1.82, 2.24) is 15.2 Å². The van der Waals surface area contributed by atoms with Gasteiger partial charge in [-0.2, -0.15) is 0 Å². The summed E-state index contributed by atoms with van der Waals surface area (Å²) < 4.78 is 5.63. The van der Waals surface area contributed by atoms with Crippen molar-refractivity contribution in [3.05, 3.63) is 52.0 Å². The van der Waals surface area contributed by atoms with E-state index in [0.717, 1.165) is 5.56 Å². The van der Waals surface area contributed by atoms with Gasteiger partial charge in [0, 0.05) is 44.3 Å². The number of benzene rings is 1. The number of amides is 2. The number of carbonyl (C=O) groups is 4. The third-order valence-electron chi connectivity index (χ3n) is 6.76. The fourth-order valence-electron chi connectivity index (χ4n) is 4.59. The van der Waals surface area contributed by atoms with Gasteiger partial charge in [0.1, 0.15) is 10.7 Å². The molecule has 40 heavy (non-hydrogen) atoms. The third kappa shape index (κ3) is 10.4. The zero-order chi connectivity index (χ0) is 30.0. The lowest BCUT2D eigenvalue weighted by Gasteiger charge is -2.34. The molecule has 0 bridgehead atoms. The molecule has 10 heteroatoms. The largest absolute Gasteiger partial charge is 0.481 e. The number of carboxylic acids is 1. The molecule has 0 spiro atoms. The summed E-state index contributed by atoms with van der Waals surface area (Å²) >= 11 is 1.22. The number of esters is 1. The highest BCUT2D eigenvalue weighted by molar-refractivity contribution is 7.09. The number of thiazole rings is 1. The molecule has 2 rings (SSSR count). The van der Waals surface area contributed by atoms with E-state index >= 15 is 0 Å². The van der Waals surface area contributed by atoms with Crippen LogP contribution in [0.1, 0.15) is 88.0 Å². The molecule has 2 aromatic rings. The van der Waals surface area contributed by atoms with E-state index in [1.165, 1.54) is 18.3 Å². The maximum atomic E-state index is 13.2. The normalized spacial score (nSPS) is 14.3. The average molecular weight is 574 g/mol. The lowest BCUT2D eigenvalue weighted by Crippen LogP contribution is -2.42. The van der Waals surface area contributed by atoms with E-state index in [4.69, 9.17) is 4.74 Å². The van der Waals surface area contributed by atoms with E-state index in [-0.39, 0.29) is 35.9 Å². The SMILES string of the molecule is CC(=O)O[C@H](CC(C(C)C)N(C)C(=O)CC(C)C)c1nc(C(=O)N[C@@H](Cc2ccccc2)C[C@H](C)C(=O)O)cs1. The summed E-state index contributed by atoms with van der Waals surface area (Å²) in [5.41, 5.74) is 1.15. The fourth-order valence-corrected chi connectivity index (χ4v) is 5.43.